The highest BCUT2D eigenvalue weighted by Crippen LogP contribution is 2.28. The van der Waals surface area contributed by atoms with E-state index in [-0.39, 0.29) is 10.7 Å². The lowest BCUT2D eigenvalue weighted by Gasteiger charge is -2.09. The number of benzene rings is 1. The van der Waals surface area contributed by atoms with E-state index in [9.17, 15) is 16.8 Å². The molecule has 17 heavy (non-hydrogen) atoms. The van der Waals surface area contributed by atoms with Crippen molar-refractivity contribution >= 4 is 37.3 Å². The minimum atomic E-state index is -4.12. The summed E-state index contributed by atoms with van der Waals surface area (Å²) in [5.41, 5.74) is 5.19. The fourth-order valence-electron chi connectivity index (χ4n) is 1.11. The molecule has 0 bridgehead atoms. The van der Waals surface area contributed by atoms with Gasteiger partial charge in [-0.25, -0.2) is 26.7 Å². The van der Waals surface area contributed by atoms with Gasteiger partial charge in [0.15, 0.2) is 0 Å². The minimum Gasteiger partial charge on any atom is -0.398 e. The molecule has 0 aliphatic carbocycles. The number of anilines is 1. The smallest absolute Gasteiger partial charge is 0.241 e. The molecule has 5 N–H and O–H groups in total. The van der Waals surface area contributed by atoms with Gasteiger partial charge >= 0.3 is 0 Å². The van der Waals surface area contributed by atoms with Gasteiger partial charge in [-0.1, -0.05) is 11.6 Å². The molecule has 96 valence electrons. The summed E-state index contributed by atoms with van der Waals surface area (Å²) in [6.45, 7) is 0. The number of halogens is 1. The van der Waals surface area contributed by atoms with Gasteiger partial charge in [-0.15, -0.1) is 0 Å². The SMILES string of the molecule is CNS(=O)(=O)c1cc(S(N)(=O)=O)c(N)cc1Cl. The van der Waals surface area contributed by atoms with Crippen LogP contribution in [0.15, 0.2) is 21.9 Å². The van der Waals surface area contributed by atoms with E-state index in [1.807, 2.05) is 4.72 Å². The third-order valence-corrected chi connectivity index (χ3v) is 4.77. The Hall–Kier alpha value is -0.870. The maximum absolute atomic E-state index is 11.5. The number of nitrogen functional groups attached to an aromatic ring is 1. The average molecular weight is 300 g/mol. The average Bonchev–Trinajstić information content (AvgIpc) is 2.15. The second-order valence-corrected chi connectivity index (χ2v) is 6.87. The van der Waals surface area contributed by atoms with Crippen molar-refractivity contribution in [2.45, 2.75) is 9.79 Å². The molecule has 7 nitrogen and oxygen atoms in total. The van der Waals surface area contributed by atoms with Gasteiger partial charge in [0.1, 0.15) is 9.79 Å². The van der Waals surface area contributed by atoms with Gasteiger partial charge in [-0.3, -0.25) is 0 Å². The predicted molar refractivity (Wildman–Crippen MR) is 63.5 cm³/mol. The molecule has 10 heteroatoms. The standard InChI is InChI=1S/C7H10ClN3O4S2/c1-11-17(14,15)6-3-7(16(10,12)13)5(9)2-4(6)8/h2-3,11H,9H2,1H3,(H2,10,12,13). The van der Waals surface area contributed by atoms with Crippen molar-refractivity contribution in [1.29, 1.82) is 0 Å². The van der Waals surface area contributed by atoms with Crippen LogP contribution in [0, 0.1) is 0 Å². The number of primary sulfonamides is 1. The molecule has 0 fully saturated rings. The Balaban J connectivity index is 3.68. The molecule has 0 aromatic heterocycles. The highest BCUT2D eigenvalue weighted by molar-refractivity contribution is 7.90. The van der Waals surface area contributed by atoms with Crippen LogP contribution in [0.2, 0.25) is 5.02 Å². The second-order valence-electron chi connectivity index (χ2n) is 3.07. The molecule has 0 spiro atoms. The van der Waals surface area contributed by atoms with Crippen molar-refractivity contribution in [2.75, 3.05) is 12.8 Å². The molecule has 0 amide bonds. The summed E-state index contributed by atoms with van der Waals surface area (Å²) < 4.78 is 47.4. The van der Waals surface area contributed by atoms with Crippen LogP contribution in [0.1, 0.15) is 0 Å². The van der Waals surface area contributed by atoms with E-state index in [1.165, 1.54) is 7.05 Å². The van der Waals surface area contributed by atoms with Crippen molar-refractivity contribution in [1.82, 2.24) is 4.72 Å². The number of sulfonamides is 2. The summed E-state index contributed by atoms with van der Waals surface area (Å²) in [5, 5.41) is 4.70. The molecular formula is C7H10ClN3O4S2. The quantitative estimate of drug-likeness (QED) is 0.646. The van der Waals surface area contributed by atoms with Crippen LogP contribution < -0.4 is 15.6 Å². The topological polar surface area (TPSA) is 132 Å². The van der Waals surface area contributed by atoms with Crippen molar-refractivity contribution in [3.8, 4) is 0 Å². The van der Waals surface area contributed by atoms with E-state index in [0.29, 0.717) is 0 Å². The van der Waals surface area contributed by atoms with Crippen LogP contribution in [0.25, 0.3) is 0 Å². The van der Waals surface area contributed by atoms with Crippen molar-refractivity contribution in [2.24, 2.45) is 5.14 Å². The maximum atomic E-state index is 11.5. The highest BCUT2D eigenvalue weighted by atomic mass is 35.5. The third-order valence-electron chi connectivity index (χ3n) is 1.93. The molecule has 0 radical (unpaired) electrons. The second kappa shape index (κ2) is 4.42. The van der Waals surface area contributed by atoms with Gasteiger partial charge in [0.05, 0.1) is 10.7 Å². The minimum absolute atomic E-state index is 0.191. The molecule has 0 saturated carbocycles. The van der Waals surface area contributed by atoms with Crippen LogP contribution in [0.4, 0.5) is 5.69 Å². The van der Waals surface area contributed by atoms with E-state index >= 15 is 0 Å². The Morgan fingerprint density at radius 1 is 1.18 bits per heavy atom. The van der Waals surface area contributed by atoms with Gasteiger partial charge < -0.3 is 5.73 Å². The number of hydrogen-bond acceptors (Lipinski definition) is 5. The van der Waals surface area contributed by atoms with Crippen molar-refractivity contribution < 1.29 is 16.8 Å². The first-order valence-corrected chi connectivity index (χ1v) is 7.55. The number of nitrogens with one attached hydrogen (secondary N) is 1. The van der Waals surface area contributed by atoms with Gasteiger partial charge in [0, 0.05) is 0 Å². The monoisotopic (exact) mass is 299 g/mol. The zero-order valence-electron chi connectivity index (χ0n) is 8.64. The lowest BCUT2D eigenvalue weighted by atomic mass is 10.3. The van der Waals surface area contributed by atoms with Gasteiger partial charge in [-0.2, -0.15) is 0 Å². The molecule has 0 atom stereocenters. The van der Waals surface area contributed by atoms with E-state index in [2.05, 4.69) is 0 Å². The van der Waals surface area contributed by atoms with E-state index < -0.39 is 29.8 Å². The molecule has 1 rings (SSSR count). The molecule has 0 unspecified atom stereocenters. The molecule has 1 aromatic rings. The van der Waals surface area contributed by atoms with Crippen LogP contribution in [0.5, 0.6) is 0 Å². The first-order chi connectivity index (χ1) is 7.59. The Kier molecular flexibility index (Phi) is 3.69. The van der Waals surface area contributed by atoms with E-state index in [1.54, 1.807) is 0 Å². The highest BCUT2D eigenvalue weighted by Gasteiger charge is 2.22. The largest absolute Gasteiger partial charge is 0.398 e. The summed E-state index contributed by atoms with van der Waals surface area (Å²) in [6, 6.07) is 1.84. The number of rotatable bonds is 3. The molecular weight excluding hydrogens is 290 g/mol. The Morgan fingerprint density at radius 2 is 1.71 bits per heavy atom. The van der Waals surface area contributed by atoms with Crippen LogP contribution in [0.3, 0.4) is 0 Å². The lowest BCUT2D eigenvalue weighted by Crippen LogP contribution is -2.21. The molecule has 0 heterocycles. The summed E-state index contributed by atoms with van der Waals surface area (Å²) in [4.78, 5) is -0.893. The molecule has 0 aliphatic heterocycles. The zero-order chi connectivity index (χ0) is 13.4. The van der Waals surface area contributed by atoms with Crippen LogP contribution >= 0.6 is 11.6 Å². The van der Waals surface area contributed by atoms with Gasteiger partial charge in [0.2, 0.25) is 20.0 Å². The molecule has 0 aliphatic rings. The Bertz CT molecular complexity index is 654. The lowest BCUT2D eigenvalue weighted by molar-refractivity contribution is 0.588. The summed E-state index contributed by atoms with van der Waals surface area (Å²) in [7, 11) is -6.84. The summed E-state index contributed by atoms with van der Waals surface area (Å²) in [5.74, 6) is 0. The first-order valence-electron chi connectivity index (χ1n) is 4.15. The molecule has 1 aromatic carbocycles. The normalized spacial score (nSPS) is 12.6. The van der Waals surface area contributed by atoms with E-state index in [0.717, 1.165) is 12.1 Å². The Labute approximate surface area is 104 Å². The predicted octanol–water partition coefficient (Wildman–Crippen LogP) is -0.522. The Morgan fingerprint density at radius 3 is 2.12 bits per heavy atom. The summed E-state index contributed by atoms with van der Waals surface area (Å²) >= 11 is 5.68. The van der Waals surface area contributed by atoms with Crippen LogP contribution in [-0.4, -0.2) is 23.9 Å². The fraction of sp³-hybridized carbons (Fsp3) is 0.143. The first kappa shape index (κ1) is 14.2. The van der Waals surface area contributed by atoms with Crippen molar-refractivity contribution in [3.63, 3.8) is 0 Å². The maximum Gasteiger partial charge on any atom is 0.241 e. The van der Waals surface area contributed by atoms with Crippen LogP contribution in [-0.2, 0) is 20.0 Å². The third kappa shape index (κ3) is 2.87. The van der Waals surface area contributed by atoms with E-state index in [4.69, 9.17) is 22.5 Å². The number of hydrogen-bond donors (Lipinski definition) is 3. The van der Waals surface area contributed by atoms with Gasteiger partial charge in [0.25, 0.3) is 0 Å². The van der Waals surface area contributed by atoms with Crippen molar-refractivity contribution in [3.05, 3.63) is 17.2 Å². The zero-order valence-corrected chi connectivity index (χ0v) is 11.0. The fourth-order valence-corrected chi connectivity index (χ4v) is 3.14. The molecule has 0 saturated heterocycles. The summed E-state index contributed by atoms with van der Waals surface area (Å²) in [6.07, 6.45) is 0. The van der Waals surface area contributed by atoms with Gasteiger partial charge in [-0.05, 0) is 19.2 Å². The number of nitrogens with two attached hydrogens (primary N) is 2.